The van der Waals surface area contributed by atoms with Gasteiger partial charge >= 0.3 is 0 Å². The van der Waals surface area contributed by atoms with E-state index < -0.39 is 23.7 Å². The molecule has 0 unspecified atom stereocenters. The van der Waals surface area contributed by atoms with Gasteiger partial charge in [0.25, 0.3) is 7.14 Å². The summed E-state index contributed by atoms with van der Waals surface area (Å²) in [5, 5.41) is 0. The van der Waals surface area contributed by atoms with Crippen LogP contribution in [0.25, 0.3) is 0 Å². The monoisotopic (exact) mass is 506 g/mol. The molecular weight excluding hydrogens is 475 g/mol. The third-order valence-corrected chi connectivity index (χ3v) is 8.67. The van der Waals surface area contributed by atoms with E-state index in [1.807, 2.05) is 13.8 Å². The summed E-state index contributed by atoms with van der Waals surface area (Å²) in [4.78, 5) is 42.5. The SMILES string of the molecule is COc1cccc(OC)c1C(=O)P(=O)(C(=O)c1c(C)cc(C)cc1C)C(=O)c1c(C)cc(C)cc1C. The quantitative estimate of drug-likeness (QED) is 0.315. The van der Waals surface area contributed by atoms with Gasteiger partial charge in [-0.25, -0.2) is 0 Å². The Morgan fingerprint density at radius 3 is 1.19 bits per heavy atom. The van der Waals surface area contributed by atoms with E-state index >= 15 is 0 Å². The Morgan fingerprint density at radius 1 is 0.583 bits per heavy atom. The van der Waals surface area contributed by atoms with Crippen molar-refractivity contribution in [2.24, 2.45) is 0 Å². The molecule has 0 heterocycles. The fourth-order valence-corrected chi connectivity index (χ4v) is 7.27. The van der Waals surface area contributed by atoms with Crippen molar-refractivity contribution in [2.75, 3.05) is 14.2 Å². The second kappa shape index (κ2) is 10.2. The molecule has 0 amide bonds. The van der Waals surface area contributed by atoms with E-state index in [9.17, 15) is 18.9 Å². The highest BCUT2D eigenvalue weighted by atomic mass is 31.2. The maximum atomic E-state index is 14.9. The van der Waals surface area contributed by atoms with E-state index in [2.05, 4.69) is 0 Å². The Bertz CT molecular complexity index is 1310. The van der Waals surface area contributed by atoms with Crippen LogP contribution in [0, 0.1) is 41.5 Å². The topological polar surface area (TPSA) is 86.7 Å². The molecule has 0 aromatic heterocycles. The number of benzene rings is 3. The van der Waals surface area contributed by atoms with Crippen molar-refractivity contribution >= 4 is 23.7 Å². The molecule has 0 N–H and O–H groups in total. The van der Waals surface area contributed by atoms with Crippen LogP contribution < -0.4 is 9.47 Å². The normalized spacial score (nSPS) is 11.2. The molecule has 0 spiro atoms. The number of carbonyl (C=O) groups is 3. The summed E-state index contributed by atoms with van der Waals surface area (Å²) in [5.41, 5.74) is 0.943. The highest BCUT2D eigenvalue weighted by Gasteiger charge is 2.51. The van der Waals surface area contributed by atoms with E-state index in [4.69, 9.17) is 9.47 Å². The van der Waals surface area contributed by atoms with Crippen LogP contribution in [-0.2, 0) is 4.57 Å². The zero-order valence-electron chi connectivity index (χ0n) is 21.9. The minimum Gasteiger partial charge on any atom is -0.496 e. The van der Waals surface area contributed by atoms with Gasteiger partial charge in [0.2, 0.25) is 16.6 Å². The van der Waals surface area contributed by atoms with Crippen LogP contribution in [-0.4, -0.2) is 30.8 Å². The second-order valence-electron chi connectivity index (χ2n) is 9.11. The molecule has 0 saturated carbocycles. The summed E-state index contributed by atoms with van der Waals surface area (Å²) in [6, 6.07) is 11.7. The summed E-state index contributed by atoms with van der Waals surface area (Å²) in [7, 11) is -2.25. The van der Waals surface area contributed by atoms with Gasteiger partial charge in [0.1, 0.15) is 17.1 Å². The summed E-state index contributed by atoms with van der Waals surface area (Å²) in [6.45, 7) is 10.6. The second-order valence-corrected chi connectivity index (χ2v) is 11.5. The molecule has 0 aliphatic heterocycles. The third kappa shape index (κ3) is 4.54. The first-order valence-corrected chi connectivity index (χ1v) is 13.2. The fourth-order valence-electron chi connectivity index (χ4n) is 4.85. The van der Waals surface area contributed by atoms with E-state index in [0.29, 0.717) is 22.3 Å². The van der Waals surface area contributed by atoms with E-state index in [1.165, 1.54) is 26.4 Å². The standard InChI is InChI=1S/C29H31O6P/c1-16-12-18(3)24(19(4)13-16)27(30)36(33,28(31)25-20(5)14-17(2)15-21(25)6)29(32)26-22(34-7)10-9-11-23(26)35-8/h9-15H,1-8H3. The van der Waals surface area contributed by atoms with Crippen LogP contribution in [0.1, 0.15) is 64.5 Å². The van der Waals surface area contributed by atoms with Gasteiger partial charge in [-0.3, -0.25) is 18.9 Å². The Morgan fingerprint density at radius 2 is 0.889 bits per heavy atom. The Balaban J connectivity index is 2.41. The number of aryl methyl sites for hydroxylation is 6. The molecule has 0 saturated heterocycles. The van der Waals surface area contributed by atoms with Gasteiger partial charge in [0.05, 0.1) is 14.2 Å². The van der Waals surface area contributed by atoms with Crippen molar-refractivity contribution in [2.45, 2.75) is 41.5 Å². The van der Waals surface area contributed by atoms with E-state index in [1.54, 1.807) is 58.0 Å². The Labute approximate surface area is 212 Å². The number of rotatable bonds is 8. The van der Waals surface area contributed by atoms with Gasteiger partial charge < -0.3 is 9.47 Å². The predicted octanol–water partition coefficient (Wildman–Crippen LogP) is 6.74. The van der Waals surface area contributed by atoms with Crippen molar-refractivity contribution in [1.29, 1.82) is 0 Å². The van der Waals surface area contributed by atoms with E-state index in [0.717, 1.165) is 11.1 Å². The van der Waals surface area contributed by atoms with Crippen molar-refractivity contribution in [3.63, 3.8) is 0 Å². The summed E-state index contributed by atoms with van der Waals surface area (Å²) >= 11 is 0. The molecule has 188 valence electrons. The van der Waals surface area contributed by atoms with Crippen LogP contribution in [0.15, 0.2) is 42.5 Å². The molecule has 3 rings (SSSR count). The number of hydrogen-bond acceptors (Lipinski definition) is 6. The van der Waals surface area contributed by atoms with Gasteiger partial charge in [-0.2, -0.15) is 0 Å². The molecule has 6 nitrogen and oxygen atoms in total. The van der Waals surface area contributed by atoms with Crippen LogP contribution in [0.2, 0.25) is 0 Å². The minimum atomic E-state index is -4.95. The van der Waals surface area contributed by atoms with Crippen molar-refractivity contribution in [3.8, 4) is 11.5 Å². The zero-order chi connectivity index (χ0) is 26.9. The largest absolute Gasteiger partial charge is 0.496 e. The molecular formula is C29H31O6P. The average Bonchev–Trinajstić information content (AvgIpc) is 2.80. The van der Waals surface area contributed by atoms with Gasteiger partial charge in [0.15, 0.2) is 0 Å². The first-order chi connectivity index (χ1) is 16.9. The number of ether oxygens (including phenoxy) is 2. The lowest BCUT2D eigenvalue weighted by molar-refractivity contribution is 0.0999. The molecule has 0 atom stereocenters. The lowest BCUT2D eigenvalue weighted by Gasteiger charge is -2.21. The number of methoxy groups -OCH3 is 2. The van der Waals surface area contributed by atoms with Gasteiger partial charge in [-0.15, -0.1) is 0 Å². The maximum Gasteiger partial charge on any atom is 0.287 e. The molecule has 0 aliphatic carbocycles. The molecule has 0 radical (unpaired) electrons. The highest BCUT2D eigenvalue weighted by molar-refractivity contribution is 8.07. The molecule has 0 bridgehead atoms. The average molecular weight is 507 g/mol. The van der Waals surface area contributed by atoms with Crippen LogP contribution >= 0.6 is 7.14 Å². The number of carbonyl (C=O) groups excluding carboxylic acids is 3. The van der Waals surface area contributed by atoms with Gasteiger partial charge in [-0.1, -0.05) is 41.5 Å². The first kappa shape index (κ1) is 27.1. The lowest BCUT2D eigenvalue weighted by atomic mass is 10.0. The van der Waals surface area contributed by atoms with Gasteiger partial charge in [0, 0.05) is 11.1 Å². The number of hydrogen-bond donors (Lipinski definition) is 0. The minimum absolute atomic E-state index is 0.0647. The molecule has 3 aromatic rings. The maximum absolute atomic E-state index is 14.9. The highest BCUT2D eigenvalue weighted by Crippen LogP contribution is 2.58. The molecule has 36 heavy (non-hydrogen) atoms. The smallest absolute Gasteiger partial charge is 0.287 e. The van der Waals surface area contributed by atoms with Crippen molar-refractivity contribution in [3.05, 3.63) is 92.5 Å². The molecule has 3 aromatic carbocycles. The lowest BCUT2D eigenvalue weighted by Crippen LogP contribution is -2.22. The summed E-state index contributed by atoms with van der Waals surface area (Å²) in [6.07, 6.45) is 0. The Hall–Kier alpha value is -3.50. The van der Waals surface area contributed by atoms with Gasteiger partial charge in [-0.05, 0) is 75.9 Å². The third-order valence-electron chi connectivity index (χ3n) is 6.28. The van der Waals surface area contributed by atoms with Crippen LogP contribution in [0.4, 0.5) is 0 Å². The molecule has 0 fully saturated rings. The first-order valence-electron chi connectivity index (χ1n) is 11.5. The molecule has 7 heteroatoms. The summed E-state index contributed by atoms with van der Waals surface area (Å²) < 4.78 is 25.6. The zero-order valence-corrected chi connectivity index (χ0v) is 22.8. The van der Waals surface area contributed by atoms with Crippen molar-refractivity contribution in [1.82, 2.24) is 0 Å². The fraction of sp³-hybridized carbons (Fsp3) is 0.276. The Kier molecular flexibility index (Phi) is 7.70. The molecule has 0 aliphatic rings. The van der Waals surface area contributed by atoms with E-state index in [-0.39, 0.29) is 28.2 Å². The van der Waals surface area contributed by atoms with Crippen LogP contribution in [0.5, 0.6) is 11.5 Å². The van der Waals surface area contributed by atoms with Crippen molar-refractivity contribution < 1.29 is 28.4 Å². The summed E-state index contributed by atoms with van der Waals surface area (Å²) in [5.74, 6) is 0.129. The predicted molar refractivity (Wildman–Crippen MR) is 141 cm³/mol. The van der Waals surface area contributed by atoms with Crippen LogP contribution in [0.3, 0.4) is 0 Å².